The number of hydrogen-bond donors (Lipinski definition) is 4. The highest BCUT2D eigenvalue weighted by molar-refractivity contribution is 5.93. The predicted molar refractivity (Wildman–Crippen MR) is 121 cm³/mol. The topological polar surface area (TPSA) is 96.2 Å². The van der Waals surface area contributed by atoms with E-state index in [-0.39, 0.29) is 11.9 Å². The average molecular weight is 409 g/mol. The minimum Gasteiger partial charge on any atom is -0.353 e. The van der Waals surface area contributed by atoms with Gasteiger partial charge in [-0.05, 0) is 35.6 Å². The fourth-order valence-corrected chi connectivity index (χ4v) is 4.01. The third-order valence-electron chi connectivity index (χ3n) is 5.61. The largest absolute Gasteiger partial charge is 0.353 e. The summed E-state index contributed by atoms with van der Waals surface area (Å²) in [5.74, 6) is 0.304. The molecule has 3 rings (SSSR count). The van der Waals surface area contributed by atoms with Crippen molar-refractivity contribution in [2.24, 2.45) is 11.7 Å². The van der Waals surface area contributed by atoms with E-state index in [1.807, 2.05) is 54.6 Å². The van der Waals surface area contributed by atoms with Gasteiger partial charge in [-0.1, -0.05) is 74.6 Å². The number of carbonyl (C=O) groups excluding carboxylic acids is 2. The molecule has 0 aliphatic heterocycles. The highest BCUT2D eigenvalue weighted by atomic mass is 16.2. The minimum absolute atomic E-state index is 0.166. The van der Waals surface area contributed by atoms with Gasteiger partial charge in [0.1, 0.15) is 6.04 Å². The van der Waals surface area contributed by atoms with Crippen molar-refractivity contribution in [2.75, 3.05) is 18.4 Å². The first kappa shape index (κ1) is 21.8. The van der Waals surface area contributed by atoms with Crippen LogP contribution in [-0.2, 0) is 4.79 Å². The van der Waals surface area contributed by atoms with Crippen molar-refractivity contribution in [3.63, 3.8) is 0 Å². The second kappa shape index (κ2) is 11.4. The zero-order valence-corrected chi connectivity index (χ0v) is 17.4. The standard InChI is InChI=1S/C24H32N4O2/c25-15-16-26-23(29)22(17-18-7-3-1-4-8-18)28-24(30)27-21-13-11-20(12-14-21)19-9-5-2-6-10-19/h2,5-6,9-14,18,22H,1,3-4,7-8,15-17,25H2,(H,26,29)(H2,27,28,30). The zero-order chi connectivity index (χ0) is 21.2. The molecule has 0 saturated heterocycles. The molecule has 1 fully saturated rings. The van der Waals surface area contributed by atoms with E-state index in [0.717, 1.165) is 24.0 Å². The summed E-state index contributed by atoms with van der Waals surface area (Å²) < 4.78 is 0. The van der Waals surface area contributed by atoms with Gasteiger partial charge in [-0.3, -0.25) is 4.79 Å². The van der Waals surface area contributed by atoms with Crippen molar-refractivity contribution < 1.29 is 9.59 Å². The molecule has 0 radical (unpaired) electrons. The minimum atomic E-state index is -0.553. The van der Waals surface area contributed by atoms with Gasteiger partial charge in [0.2, 0.25) is 5.91 Å². The zero-order valence-electron chi connectivity index (χ0n) is 17.4. The van der Waals surface area contributed by atoms with Crippen LogP contribution in [0.5, 0.6) is 0 Å². The van der Waals surface area contributed by atoms with Crippen molar-refractivity contribution in [2.45, 2.75) is 44.6 Å². The van der Waals surface area contributed by atoms with Crippen LogP contribution in [0.2, 0.25) is 0 Å². The van der Waals surface area contributed by atoms with Crippen LogP contribution in [0, 0.1) is 5.92 Å². The number of anilines is 1. The summed E-state index contributed by atoms with van der Waals surface area (Å²) in [6, 6.07) is 16.8. The number of benzene rings is 2. The van der Waals surface area contributed by atoms with Crippen molar-refractivity contribution in [1.29, 1.82) is 0 Å². The molecule has 6 heteroatoms. The van der Waals surface area contributed by atoms with E-state index in [9.17, 15) is 9.59 Å². The van der Waals surface area contributed by atoms with E-state index < -0.39 is 6.04 Å². The van der Waals surface area contributed by atoms with Gasteiger partial charge in [-0.25, -0.2) is 4.79 Å². The fourth-order valence-electron chi connectivity index (χ4n) is 4.01. The summed E-state index contributed by atoms with van der Waals surface area (Å²) in [4.78, 5) is 25.1. The van der Waals surface area contributed by atoms with Crippen molar-refractivity contribution in [1.82, 2.24) is 10.6 Å². The summed E-state index contributed by atoms with van der Waals surface area (Å²) in [6.45, 7) is 0.784. The average Bonchev–Trinajstić information content (AvgIpc) is 2.79. The summed E-state index contributed by atoms with van der Waals surface area (Å²) in [7, 11) is 0. The molecule has 160 valence electrons. The number of rotatable bonds is 8. The lowest BCUT2D eigenvalue weighted by molar-refractivity contribution is -0.123. The van der Waals surface area contributed by atoms with E-state index in [1.54, 1.807) is 0 Å². The van der Waals surface area contributed by atoms with E-state index >= 15 is 0 Å². The Balaban J connectivity index is 1.59. The number of amides is 3. The van der Waals surface area contributed by atoms with Crippen LogP contribution in [0.15, 0.2) is 54.6 Å². The van der Waals surface area contributed by atoms with E-state index in [1.165, 1.54) is 19.3 Å². The monoisotopic (exact) mass is 408 g/mol. The molecule has 1 atom stereocenters. The first-order chi connectivity index (χ1) is 14.7. The van der Waals surface area contributed by atoms with Crippen LogP contribution < -0.4 is 21.7 Å². The molecule has 0 bridgehead atoms. The van der Waals surface area contributed by atoms with Gasteiger partial charge in [0.05, 0.1) is 0 Å². The molecular formula is C24H32N4O2. The molecule has 1 unspecified atom stereocenters. The Bertz CT molecular complexity index is 802. The van der Waals surface area contributed by atoms with Crippen LogP contribution in [-0.4, -0.2) is 31.1 Å². The first-order valence-electron chi connectivity index (χ1n) is 10.9. The second-order valence-electron chi connectivity index (χ2n) is 7.91. The van der Waals surface area contributed by atoms with Crippen molar-refractivity contribution in [3.8, 4) is 11.1 Å². The second-order valence-corrected chi connectivity index (χ2v) is 7.91. The summed E-state index contributed by atoms with van der Waals surface area (Å²) >= 11 is 0. The molecule has 0 heterocycles. The number of nitrogens with one attached hydrogen (secondary N) is 3. The smallest absolute Gasteiger partial charge is 0.319 e. The van der Waals surface area contributed by atoms with Gasteiger partial charge >= 0.3 is 6.03 Å². The molecule has 2 aromatic carbocycles. The Morgan fingerprint density at radius 1 is 0.933 bits per heavy atom. The molecule has 30 heavy (non-hydrogen) atoms. The van der Waals surface area contributed by atoms with E-state index in [0.29, 0.717) is 31.1 Å². The van der Waals surface area contributed by atoms with Crippen LogP contribution in [0.3, 0.4) is 0 Å². The van der Waals surface area contributed by atoms with Crippen LogP contribution in [0.25, 0.3) is 11.1 Å². The molecule has 3 amide bonds. The van der Waals surface area contributed by atoms with Crippen LogP contribution in [0.1, 0.15) is 38.5 Å². The number of nitrogens with two attached hydrogens (primary N) is 1. The quantitative estimate of drug-likeness (QED) is 0.533. The van der Waals surface area contributed by atoms with Gasteiger partial charge in [-0.15, -0.1) is 0 Å². The first-order valence-corrected chi connectivity index (χ1v) is 10.9. The Morgan fingerprint density at radius 3 is 2.27 bits per heavy atom. The lowest BCUT2D eigenvalue weighted by Crippen LogP contribution is -2.49. The Labute approximate surface area is 178 Å². The molecule has 0 aromatic heterocycles. The van der Waals surface area contributed by atoms with Gasteiger partial charge in [-0.2, -0.15) is 0 Å². The molecule has 2 aromatic rings. The predicted octanol–water partition coefficient (Wildman–Crippen LogP) is 3.89. The molecular weight excluding hydrogens is 376 g/mol. The van der Waals surface area contributed by atoms with E-state index in [2.05, 4.69) is 16.0 Å². The fraction of sp³-hybridized carbons (Fsp3) is 0.417. The van der Waals surface area contributed by atoms with Crippen molar-refractivity contribution >= 4 is 17.6 Å². The number of carbonyl (C=O) groups is 2. The Hall–Kier alpha value is -2.86. The highest BCUT2D eigenvalue weighted by Gasteiger charge is 2.25. The van der Waals surface area contributed by atoms with Crippen LogP contribution >= 0.6 is 0 Å². The molecule has 0 spiro atoms. The molecule has 1 aliphatic rings. The molecule has 1 aliphatic carbocycles. The lowest BCUT2D eigenvalue weighted by Gasteiger charge is -2.26. The van der Waals surface area contributed by atoms with Gasteiger partial charge in [0, 0.05) is 18.8 Å². The summed E-state index contributed by atoms with van der Waals surface area (Å²) in [6.07, 6.45) is 6.55. The number of hydrogen-bond acceptors (Lipinski definition) is 3. The maximum Gasteiger partial charge on any atom is 0.319 e. The molecule has 5 N–H and O–H groups in total. The van der Waals surface area contributed by atoms with Crippen LogP contribution in [0.4, 0.5) is 10.5 Å². The molecule has 6 nitrogen and oxygen atoms in total. The normalized spacial score (nSPS) is 15.2. The Kier molecular flexibility index (Phi) is 8.27. The van der Waals surface area contributed by atoms with Crippen molar-refractivity contribution in [3.05, 3.63) is 54.6 Å². The SMILES string of the molecule is NCCNC(=O)C(CC1CCCCC1)NC(=O)Nc1ccc(-c2ccccc2)cc1. The molecule has 1 saturated carbocycles. The van der Waals surface area contributed by atoms with Gasteiger partial charge in [0.25, 0.3) is 0 Å². The van der Waals surface area contributed by atoms with E-state index in [4.69, 9.17) is 5.73 Å². The maximum absolute atomic E-state index is 12.6. The number of urea groups is 1. The van der Waals surface area contributed by atoms with Gasteiger partial charge in [0.15, 0.2) is 0 Å². The maximum atomic E-state index is 12.6. The van der Waals surface area contributed by atoms with Gasteiger partial charge < -0.3 is 21.7 Å². The Morgan fingerprint density at radius 2 is 1.60 bits per heavy atom. The summed E-state index contributed by atoms with van der Waals surface area (Å²) in [5.41, 5.74) is 8.39. The third kappa shape index (κ3) is 6.59. The summed E-state index contributed by atoms with van der Waals surface area (Å²) in [5, 5.41) is 8.52. The highest BCUT2D eigenvalue weighted by Crippen LogP contribution is 2.27. The third-order valence-corrected chi connectivity index (χ3v) is 5.61. The lowest BCUT2D eigenvalue weighted by atomic mass is 9.84.